The number of carbonyl (C=O) groups excluding carboxylic acids is 2. The predicted octanol–water partition coefficient (Wildman–Crippen LogP) is 2.79. The number of carbonyl (C=O) groups is 2. The Balaban J connectivity index is 1.77. The van der Waals surface area contributed by atoms with Crippen molar-refractivity contribution in [3.8, 4) is 5.75 Å². The lowest BCUT2D eigenvalue weighted by atomic mass is 10.1. The summed E-state index contributed by atoms with van der Waals surface area (Å²) in [6.07, 6.45) is 2.11. The van der Waals surface area contributed by atoms with E-state index in [2.05, 4.69) is 17.8 Å². The zero-order valence-electron chi connectivity index (χ0n) is 14.0. The highest BCUT2D eigenvalue weighted by molar-refractivity contribution is 5.96. The molecule has 5 heteroatoms. The molecule has 0 aromatic heterocycles. The lowest BCUT2D eigenvalue weighted by Crippen LogP contribution is -2.44. The third-order valence-corrected chi connectivity index (χ3v) is 3.54. The fourth-order valence-corrected chi connectivity index (χ4v) is 2.25. The van der Waals surface area contributed by atoms with Crippen molar-refractivity contribution in [1.82, 2.24) is 10.9 Å². The van der Waals surface area contributed by atoms with Gasteiger partial charge in [-0.05, 0) is 42.7 Å². The molecule has 0 aliphatic heterocycles. The number of aryl methyl sites for hydroxylation is 2. The largest absolute Gasteiger partial charge is 0.484 e. The number of nitrogens with one attached hydrogen (secondary N) is 2. The molecule has 24 heavy (non-hydrogen) atoms. The minimum atomic E-state index is -0.422. The van der Waals surface area contributed by atoms with Crippen LogP contribution in [0.5, 0.6) is 5.75 Å². The van der Waals surface area contributed by atoms with Crippen molar-refractivity contribution in [1.29, 1.82) is 0 Å². The highest BCUT2D eigenvalue weighted by atomic mass is 16.5. The van der Waals surface area contributed by atoms with Gasteiger partial charge in [-0.25, -0.2) is 0 Å². The molecule has 0 fully saturated rings. The van der Waals surface area contributed by atoms with Crippen molar-refractivity contribution in [3.05, 3.63) is 65.2 Å². The first kappa shape index (κ1) is 17.5. The van der Waals surface area contributed by atoms with Crippen molar-refractivity contribution in [2.45, 2.75) is 26.7 Å². The van der Waals surface area contributed by atoms with Crippen LogP contribution in [-0.4, -0.2) is 18.4 Å². The van der Waals surface area contributed by atoms with E-state index in [-0.39, 0.29) is 12.5 Å². The predicted molar refractivity (Wildman–Crippen MR) is 92.7 cm³/mol. The standard InChI is InChI=1S/C19H22N2O3/c1-3-6-15-9-11-16(12-10-15)24-13-18(22)20-21-19(23)17-8-5-4-7-14(17)2/h4-5,7-12H,3,6,13H2,1-2H3,(H,20,22)(H,21,23). The SMILES string of the molecule is CCCc1ccc(OCC(=O)NNC(=O)c2ccccc2C)cc1. The van der Waals surface area contributed by atoms with E-state index in [1.54, 1.807) is 12.1 Å². The van der Waals surface area contributed by atoms with Gasteiger partial charge in [0.25, 0.3) is 11.8 Å². The van der Waals surface area contributed by atoms with E-state index >= 15 is 0 Å². The Morgan fingerprint density at radius 2 is 1.71 bits per heavy atom. The molecule has 0 atom stereocenters. The summed E-state index contributed by atoms with van der Waals surface area (Å²) in [5, 5.41) is 0. The molecule has 0 saturated carbocycles. The van der Waals surface area contributed by atoms with Gasteiger partial charge in [0.1, 0.15) is 5.75 Å². The van der Waals surface area contributed by atoms with Gasteiger partial charge >= 0.3 is 0 Å². The van der Waals surface area contributed by atoms with Crippen molar-refractivity contribution in [2.24, 2.45) is 0 Å². The summed E-state index contributed by atoms with van der Waals surface area (Å²) in [6.45, 7) is 3.79. The highest BCUT2D eigenvalue weighted by Crippen LogP contribution is 2.13. The Bertz CT molecular complexity index is 696. The van der Waals surface area contributed by atoms with E-state index in [1.165, 1.54) is 5.56 Å². The van der Waals surface area contributed by atoms with Crippen LogP contribution in [0.25, 0.3) is 0 Å². The molecule has 2 aromatic rings. The molecule has 0 heterocycles. The van der Waals surface area contributed by atoms with Gasteiger partial charge in [-0.3, -0.25) is 20.4 Å². The molecule has 0 unspecified atom stereocenters. The Morgan fingerprint density at radius 1 is 1.00 bits per heavy atom. The smallest absolute Gasteiger partial charge is 0.276 e. The van der Waals surface area contributed by atoms with E-state index in [1.807, 2.05) is 43.3 Å². The number of ether oxygens (including phenoxy) is 1. The molecule has 0 bridgehead atoms. The Morgan fingerprint density at radius 3 is 2.38 bits per heavy atom. The summed E-state index contributed by atoms with van der Waals surface area (Å²) in [5.74, 6) is -0.157. The highest BCUT2D eigenvalue weighted by Gasteiger charge is 2.09. The first-order chi connectivity index (χ1) is 11.6. The van der Waals surface area contributed by atoms with Crippen molar-refractivity contribution in [3.63, 3.8) is 0 Å². The van der Waals surface area contributed by atoms with Crippen LogP contribution in [0.3, 0.4) is 0 Å². The molecule has 0 saturated heterocycles. The van der Waals surface area contributed by atoms with Crippen LogP contribution in [0.1, 0.15) is 34.8 Å². The maximum absolute atomic E-state index is 12.0. The number of hydrazine groups is 1. The monoisotopic (exact) mass is 326 g/mol. The number of rotatable bonds is 6. The summed E-state index contributed by atoms with van der Waals surface area (Å²) < 4.78 is 5.40. The van der Waals surface area contributed by atoms with Crippen molar-refractivity contribution < 1.29 is 14.3 Å². The van der Waals surface area contributed by atoms with E-state index in [0.717, 1.165) is 18.4 Å². The van der Waals surface area contributed by atoms with Crippen molar-refractivity contribution in [2.75, 3.05) is 6.61 Å². The Hall–Kier alpha value is -2.82. The number of hydrogen-bond acceptors (Lipinski definition) is 3. The molecule has 2 rings (SSSR count). The van der Waals surface area contributed by atoms with Crippen LogP contribution in [0, 0.1) is 6.92 Å². The molecular formula is C19H22N2O3. The number of amides is 2. The Labute approximate surface area is 142 Å². The van der Waals surface area contributed by atoms with Gasteiger partial charge in [0.2, 0.25) is 0 Å². The first-order valence-electron chi connectivity index (χ1n) is 7.96. The van der Waals surface area contributed by atoms with Gasteiger partial charge in [0.15, 0.2) is 6.61 Å². The van der Waals surface area contributed by atoms with E-state index in [9.17, 15) is 9.59 Å². The molecule has 0 aliphatic rings. The zero-order chi connectivity index (χ0) is 17.4. The molecule has 126 valence electrons. The molecule has 0 radical (unpaired) electrons. The second kappa shape index (κ2) is 8.72. The van der Waals surface area contributed by atoms with Crippen LogP contribution in [-0.2, 0) is 11.2 Å². The molecule has 0 spiro atoms. The van der Waals surface area contributed by atoms with Crippen LogP contribution >= 0.6 is 0 Å². The molecule has 2 N–H and O–H groups in total. The van der Waals surface area contributed by atoms with Gasteiger partial charge in [0.05, 0.1) is 0 Å². The molecule has 2 aromatic carbocycles. The van der Waals surface area contributed by atoms with Gasteiger partial charge < -0.3 is 4.74 Å². The minimum Gasteiger partial charge on any atom is -0.484 e. The quantitative estimate of drug-likeness (QED) is 0.802. The van der Waals surface area contributed by atoms with Gasteiger partial charge in [-0.2, -0.15) is 0 Å². The van der Waals surface area contributed by atoms with Gasteiger partial charge in [0, 0.05) is 5.56 Å². The average molecular weight is 326 g/mol. The zero-order valence-corrected chi connectivity index (χ0v) is 14.0. The van der Waals surface area contributed by atoms with E-state index in [0.29, 0.717) is 11.3 Å². The maximum Gasteiger partial charge on any atom is 0.276 e. The molecule has 5 nitrogen and oxygen atoms in total. The Kier molecular flexibility index (Phi) is 6.37. The maximum atomic E-state index is 12.0. The van der Waals surface area contributed by atoms with Crippen LogP contribution in [0.4, 0.5) is 0 Å². The second-order valence-electron chi connectivity index (χ2n) is 5.50. The van der Waals surface area contributed by atoms with Crippen LogP contribution in [0.2, 0.25) is 0 Å². The third kappa shape index (κ3) is 5.12. The summed E-state index contributed by atoms with van der Waals surface area (Å²) >= 11 is 0. The fraction of sp³-hybridized carbons (Fsp3) is 0.263. The second-order valence-corrected chi connectivity index (χ2v) is 5.50. The summed E-state index contributed by atoms with van der Waals surface area (Å²) in [7, 11) is 0. The summed E-state index contributed by atoms with van der Waals surface area (Å²) in [5.41, 5.74) is 7.32. The molecular weight excluding hydrogens is 304 g/mol. The summed E-state index contributed by atoms with van der Waals surface area (Å²) in [4.78, 5) is 23.7. The van der Waals surface area contributed by atoms with Crippen molar-refractivity contribution >= 4 is 11.8 Å². The van der Waals surface area contributed by atoms with Gasteiger partial charge in [-0.1, -0.05) is 43.7 Å². The van der Waals surface area contributed by atoms with Gasteiger partial charge in [-0.15, -0.1) is 0 Å². The third-order valence-electron chi connectivity index (χ3n) is 3.54. The lowest BCUT2D eigenvalue weighted by Gasteiger charge is -2.10. The first-order valence-corrected chi connectivity index (χ1v) is 7.96. The molecule has 0 aliphatic carbocycles. The topological polar surface area (TPSA) is 67.4 Å². The number of benzene rings is 2. The fourth-order valence-electron chi connectivity index (χ4n) is 2.25. The van der Waals surface area contributed by atoms with Crippen LogP contribution < -0.4 is 15.6 Å². The summed E-state index contributed by atoms with van der Waals surface area (Å²) in [6, 6.07) is 14.8. The van der Waals surface area contributed by atoms with E-state index < -0.39 is 5.91 Å². The van der Waals surface area contributed by atoms with E-state index in [4.69, 9.17) is 4.74 Å². The minimum absolute atomic E-state index is 0.165. The number of hydrogen-bond donors (Lipinski definition) is 2. The lowest BCUT2D eigenvalue weighted by molar-refractivity contribution is -0.123. The normalized spacial score (nSPS) is 10.1. The molecule has 2 amide bonds. The average Bonchev–Trinajstić information content (AvgIpc) is 2.60. The van der Waals surface area contributed by atoms with Crippen LogP contribution in [0.15, 0.2) is 48.5 Å².